The predicted octanol–water partition coefficient (Wildman–Crippen LogP) is 3.62. The van der Waals surface area contributed by atoms with Crippen molar-refractivity contribution < 1.29 is 4.74 Å². The first-order valence-corrected chi connectivity index (χ1v) is 9.12. The number of fused-ring (bicyclic) bond motifs is 3. The molecule has 0 aliphatic heterocycles. The van der Waals surface area contributed by atoms with Crippen molar-refractivity contribution in [2.75, 3.05) is 6.61 Å². The lowest BCUT2D eigenvalue weighted by molar-refractivity contribution is 0.338. The van der Waals surface area contributed by atoms with Gasteiger partial charge in [0.15, 0.2) is 4.96 Å². The fourth-order valence-corrected chi connectivity index (χ4v) is 4.14. The summed E-state index contributed by atoms with van der Waals surface area (Å²) in [5.41, 5.74) is 2.60. The van der Waals surface area contributed by atoms with Crippen molar-refractivity contribution in [1.29, 1.82) is 0 Å². The molecule has 0 fully saturated rings. The second-order valence-corrected chi connectivity index (χ2v) is 7.12. The number of rotatable bonds is 3. The zero-order chi connectivity index (χ0) is 16.7. The molecule has 0 bridgehead atoms. The third-order valence-electron chi connectivity index (χ3n) is 3.70. The number of halogens is 1. The van der Waals surface area contributed by atoms with Crippen LogP contribution in [0.5, 0.6) is 5.75 Å². The monoisotopic (exact) mass is 400 g/mol. The average molecular weight is 401 g/mol. The van der Waals surface area contributed by atoms with Gasteiger partial charge in [0.25, 0.3) is 5.56 Å². The van der Waals surface area contributed by atoms with Gasteiger partial charge >= 0.3 is 0 Å². The van der Waals surface area contributed by atoms with Crippen LogP contribution in [0.15, 0.2) is 51.7 Å². The third-order valence-corrected chi connectivity index (χ3v) is 5.29. The molecule has 0 atom stereocenters. The zero-order valence-corrected chi connectivity index (χ0v) is 15.2. The van der Waals surface area contributed by atoms with E-state index in [1.54, 1.807) is 4.40 Å². The summed E-state index contributed by atoms with van der Waals surface area (Å²) in [7, 11) is 0. The van der Waals surface area contributed by atoms with Crippen molar-refractivity contribution in [3.05, 3.63) is 67.4 Å². The molecular formula is C18H13BrN2O2S. The van der Waals surface area contributed by atoms with Crippen molar-refractivity contribution in [2.24, 2.45) is 0 Å². The molecule has 0 N–H and O–H groups in total. The van der Waals surface area contributed by atoms with Gasteiger partial charge in [-0.1, -0.05) is 29.5 Å². The number of thiazole rings is 1. The van der Waals surface area contributed by atoms with Crippen molar-refractivity contribution in [2.45, 2.75) is 6.92 Å². The number of ether oxygens (including phenoxy) is 1. The Hall–Kier alpha value is -2.18. The quantitative estimate of drug-likeness (QED) is 0.527. The van der Waals surface area contributed by atoms with Crippen molar-refractivity contribution in [3.63, 3.8) is 0 Å². The molecule has 2 heterocycles. The third kappa shape index (κ3) is 2.52. The molecule has 24 heavy (non-hydrogen) atoms. The fraction of sp³-hybridized carbons (Fsp3) is 0.111. The van der Waals surface area contributed by atoms with Crippen molar-refractivity contribution in [1.82, 2.24) is 9.38 Å². The molecule has 0 spiro atoms. The molecule has 6 heteroatoms. The Morgan fingerprint density at radius 2 is 2.12 bits per heavy atom. The summed E-state index contributed by atoms with van der Waals surface area (Å²) in [5, 5.41) is 0. The minimum Gasteiger partial charge on any atom is -0.493 e. The van der Waals surface area contributed by atoms with Gasteiger partial charge in [-0.3, -0.25) is 4.79 Å². The molecule has 4 nitrogen and oxygen atoms in total. The maximum absolute atomic E-state index is 12.7. The van der Waals surface area contributed by atoms with Crippen LogP contribution in [0.25, 0.3) is 22.1 Å². The zero-order valence-electron chi connectivity index (χ0n) is 12.8. The van der Waals surface area contributed by atoms with Gasteiger partial charge in [0.05, 0.1) is 26.6 Å². The number of hydrogen-bond donors (Lipinski definition) is 0. The van der Waals surface area contributed by atoms with Crippen LogP contribution < -0.4 is 14.8 Å². The van der Waals surface area contributed by atoms with E-state index in [0.29, 0.717) is 11.1 Å². The molecule has 0 saturated heterocycles. The number of imidazole rings is 1. The second kappa shape index (κ2) is 6.03. The highest BCUT2D eigenvalue weighted by molar-refractivity contribution is 9.10. The van der Waals surface area contributed by atoms with Crippen LogP contribution in [0.2, 0.25) is 0 Å². The Morgan fingerprint density at radius 3 is 2.92 bits per heavy atom. The molecule has 0 amide bonds. The van der Waals surface area contributed by atoms with Crippen LogP contribution >= 0.6 is 27.3 Å². The molecular weight excluding hydrogens is 388 g/mol. The van der Waals surface area contributed by atoms with Gasteiger partial charge in [-0.2, -0.15) is 0 Å². The van der Waals surface area contributed by atoms with E-state index in [0.717, 1.165) is 31.8 Å². The summed E-state index contributed by atoms with van der Waals surface area (Å²) in [5.74, 6) is 0.795. The second-order valence-electron chi connectivity index (χ2n) is 5.26. The Labute approximate surface area is 150 Å². The van der Waals surface area contributed by atoms with E-state index in [1.165, 1.54) is 11.3 Å². The largest absolute Gasteiger partial charge is 0.493 e. The van der Waals surface area contributed by atoms with Gasteiger partial charge in [-0.05, 0) is 58.8 Å². The van der Waals surface area contributed by atoms with Gasteiger partial charge in [0, 0.05) is 0 Å². The highest BCUT2D eigenvalue weighted by atomic mass is 79.9. The summed E-state index contributed by atoms with van der Waals surface area (Å²) in [6.07, 6.45) is 1.89. The number of nitrogens with zero attached hydrogens (tertiary/aromatic N) is 2. The summed E-state index contributed by atoms with van der Waals surface area (Å²) in [6.45, 7) is 2.56. The maximum atomic E-state index is 12.7. The molecule has 4 rings (SSSR count). The lowest BCUT2D eigenvalue weighted by Crippen LogP contribution is -2.22. The SMILES string of the molecule is CCOc1ccc(/C=c2/sc3nc4ccccc4n3c2=O)cc1Br. The van der Waals surface area contributed by atoms with E-state index in [4.69, 9.17) is 4.74 Å². The smallest absolute Gasteiger partial charge is 0.274 e. The summed E-state index contributed by atoms with van der Waals surface area (Å²) in [4.78, 5) is 18.0. The van der Waals surface area contributed by atoms with Crippen molar-refractivity contribution >= 4 is 49.3 Å². The van der Waals surface area contributed by atoms with Crippen LogP contribution in [-0.2, 0) is 0 Å². The maximum Gasteiger partial charge on any atom is 0.274 e. The normalized spacial score (nSPS) is 12.3. The van der Waals surface area contributed by atoms with Gasteiger partial charge in [-0.25, -0.2) is 9.38 Å². The highest BCUT2D eigenvalue weighted by Gasteiger charge is 2.10. The summed E-state index contributed by atoms with van der Waals surface area (Å²) in [6, 6.07) is 13.5. The number of benzene rings is 2. The van der Waals surface area contributed by atoms with Crippen LogP contribution in [0.4, 0.5) is 0 Å². The van der Waals surface area contributed by atoms with E-state index >= 15 is 0 Å². The lowest BCUT2D eigenvalue weighted by atomic mass is 10.2. The fourth-order valence-electron chi connectivity index (χ4n) is 2.64. The Morgan fingerprint density at radius 1 is 1.29 bits per heavy atom. The van der Waals surface area contributed by atoms with Crippen LogP contribution in [0, 0.1) is 0 Å². The predicted molar refractivity (Wildman–Crippen MR) is 101 cm³/mol. The molecule has 0 unspecified atom stereocenters. The van der Waals surface area contributed by atoms with Gasteiger partial charge in [0.2, 0.25) is 0 Å². The minimum atomic E-state index is -0.0336. The first-order chi connectivity index (χ1) is 11.7. The molecule has 0 aliphatic rings. The number of para-hydroxylation sites is 2. The standard InChI is InChI=1S/C18H13BrN2O2S/c1-2-23-15-8-7-11(9-12(15)19)10-16-17(22)21-14-6-4-3-5-13(14)20-18(21)24-16/h3-10H,2H2,1H3/b16-10+. The number of aromatic nitrogens is 2. The van der Waals surface area contributed by atoms with E-state index in [9.17, 15) is 4.79 Å². The van der Waals surface area contributed by atoms with Gasteiger partial charge < -0.3 is 4.74 Å². The Kier molecular flexibility index (Phi) is 3.86. The van der Waals surface area contributed by atoms with E-state index in [-0.39, 0.29) is 5.56 Å². The summed E-state index contributed by atoms with van der Waals surface area (Å²) >= 11 is 4.90. The molecule has 4 aromatic rings. The Balaban J connectivity index is 1.87. The molecule has 0 aliphatic carbocycles. The van der Waals surface area contributed by atoms with E-state index in [1.807, 2.05) is 55.5 Å². The van der Waals surface area contributed by atoms with Gasteiger partial charge in [-0.15, -0.1) is 0 Å². The molecule has 120 valence electrons. The molecule has 0 radical (unpaired) electrons. The van der Waals surface area contributed by atoms with Crippen LogP contribution in [-0.4, -0.2) is 16.0 Å². The first-order valence-electron chi connectivity index (χ1n) is 7.51. The molecule has 0 saturated carbocycles. The lowest BCUT2D eigenvalue weighted by Gasteiger charge is -2.05. The first kappa shape index (κ1) is 15.4. The molecule has 2 aromatic heterocycles. The molecule has 2 aromatic carbocycles. The van der Waals surface area contributed by atoms with Crippen molar-refractivity contribution in [3.8, 4) is 5.75 Å². The highest BCUT2D eigenvalue weighted by Crippen LogP contribution is 2.26. The van der Waals surface area contributed by atoms with E-state index in [2.05, 4.69) is 20.9 Å². The minimum absolute atomic E-state index is 0.0336. The van der Waals surface area contributed by atoms with Gasteiger partial charge in [0.1, 0.15) is 5.75 Å². The number of hydrogen-bond acceptors (Lipinski definition) is 4. The van der Waals surface area contributed by atoms with E-state index < -0.39 is 0 Å². The topological polar surface area (TPSA) is 43.6 Å². The summed E-state index contributed by atoms with van der Waals surface area (Å²) < 4.78 is 8.73. The average Bonchev–Trinajstić information content (AvgIpc) is 3.07. The van der Waals surface area contributed by atoms with Crippen LogP contribution in [0.1, 0.15) is 12.5 Å². The van der Waals surface area contributed by atoms with Crippen LogP contribution in [0.3, 0.4) is 0 Å². The Bertz CT molecular complexity index is 1160.